The van der Waals surface area contributed by atoms with E-state index in [1.54, 1.807) is 10.8 Å². The average molecular weight is 1170 g/mol. The Hall–Kier alpha value is -5.95. The summed E-state index contributed by atoms with van der Waals surface area (Å²) in [5, 5.41) is 15.1. The third-order valence-corrected chi connectivity index (χ3v) is 18.7. The van der Waals surface area contributed by atoms with Crippen LogP contribution in [0.2, 0.25) is 0 Å². The SMILES string of the molecule is Cc1cc(C(F)(F)F)nn1C(C(C(=O)C(C(n1nc(C(F)(F)F)cc1C)S(=O)(=O)O)N1CCC(c2nc(C3=NOC(c4ccccc4)C3)cs2)CC1)N1CCC(c2nc(C3=NOC(c4ccccc4)C3)cs2)CC1)S(=O)(=O)O. The number of halogens is 6. The maximum Gasteiger partial charge on any atom is 0.435 e. The Kier molecular flexibility index (Phi) is 15.3. The van der Waals surface area contributed by atoms with Crippen LogP contribution in [0.15, 0.2) is 93.9 Å². The van der Waals surface area contributed by atoms with Gasteiger partial charge in [0, 0.05) is 46.8 Å². The molecule has 29 heteroatoms. The number of benzene rings is 2. The Morgan fingerprint density at radius 2 is 0.974 bits per heavy atom. The number of ketones is 1. The van der Waals surface area contributed by atoms with E-state index >= 15 is 4.79 Å². The number of likely N-dealkylation sites (tertiary alicyclic amines) is 2. The monoisotopic (exact) mass is 1160 g/mol. The van der Waals surface area contributed by atoms with Crippen molar-refractivity contribution in [3.8, 4) is 0 Å². The number of carbonyl (C=O) groups excluding carboxylic acids is 1. The van der Waals surface area contributed by atoms with Crippen LogP contribution in [0.4, 0.5) is 26.3 Å². The van der Waals surface area contributed by atoms with Gasteiger partial charge in [-0.05, 0) is 89.0 Å². The number of Topliss-reactive ketones (excluding diaryl/α,β-unsaturated/α-hetero) is 1. The van der Waals surface area contributed by atoms with Crippen molar-refractivity contribution in [3.05, 3.63) is 139 Å². The molecule has 6 atom stereocenters. The summed E-state index contributed by atoms with van der Waals surface area (Å²) in [5.74, 6) is -2.07. The van der Waals surface area contributed by atoms with Gasteiger partial charge in [-0.3, -0.25) is 23.7 Å². The van der Waals surface area contributed by atoms with E-state index in [9.17, 15) is 52.3 Å². The van der Waals surface area contributed by atoms with Crippen LogP contribution in [0.5, 0.6) is 0 Å². The first kappa shape index (κ1) is 55.4. The Morgan fingerprint density at radius 3 is 1.29 bits per heavy atom. The molecule has 8 heterocycles. The molecule has 0 aliphatic carbocycles. The molecule has 6 unspecified atom stereocenters. The topological polar surface area (TPSA) is 237 Å². The molecule has 4 aliphatic heterocycles. The minimum atomic E-state index is -5.74. The predicted molar refractivity (Wildman–Crippen MR) is 272 cm³/mol. The van der Waals surface area contributed by atoms with E-state index in [0.29, 0.717) is 67.2 Å². The molecule has 2 N–H and O–H groups in total. The van der Waals surface area contributed by atoms with Crippen LogP contribution in [0.1, 0.15) is 129 Å². The highest BCUT2D eigenvalue weighted by molar-refractivity contribution is 7.86. The second kappa shape index (κ2) is 21.6. The van der Waals surface area contributed by atoms with Crippen molar-refractivity contribution in [2.24, 2.45) is 10.3 Å². The normalized spacial score (nSPS) is 21.2. The van der Waals surface area contributed by atoms with Gasteiger partial charge in [0.15, 0.2) is 29.4 Å². The number of carbonyl (C=O) groups is 1. The van der Waals surface area contributed by atoms with Crippen molar-refractivity contribution >= 4 is 60.1 Å². The van der Waals surface area contributed by atoms with Crippen LogP contribution < -0.4 is 0 Å². The zero-order chi connectivity index (χ0) is 55.5. The summed E-state index contributed by atoms with van der Waals surface area (Å²) in [4.78, 5) is 39.6. The van der Waals surface area contributed by atoms with Gasteiger partial charge in [0.05, 0.1) is 21.4 Å². The smallest absolute Gasteiger partial charge is 0.387 e. The summed E-state index contributed by atoms with van der Waals surface area (Å²) >= 11 is 2.63. The summed E-state index contributed by atoms with van der Waals surface area (Å²) in [6, 6.07) is 15.3. The fourth-order valence-corrected chi connectivity index (χ4v) is 14.8. The molecule has 6 aromatic rings. The molecule has 0 bridgehead atoms. The number of thiazole rings is 2. The van der Waals surface area contributed by atoms with Crippen molar-refractivity contribution in [1.82, 2.24) is 39.3 Å². The number of nitrogens with zero attached hydrogens (tertiary/aromatic N) is 10. The highest BCUT2D eigenvalue weighted by Crippen LogP contribution is 2.42. The van der Waals surface area contributed by atoms with E-state index in [1.165, 1.54) is 32.5 Å². The Balaban J connectivity index is 0.988. The molecule has 78 heavy (non-hydrogen) atoms. The number of piperidine rings is 2. The quantitative estimate of drug-likeness (QED) is 0.0680. The number of rotatable bonds is 16. The molecule has 10 rings (SSSR count). The van der Waals surface area contributed by atoms with E-state index in [0.717, 1.165) is 25.0 Å². The summed E-state index contributed by atoms with van der Waals surface area (Å²) in [5.41, 5.74) is 0.0226. The van der Waals surface area contributed by atoms with Gasteiger partial charge < -0.3 is 9.68 Å². The van der Waals surface area contributed by atoms with Gasteiger partial charge in [0.1, 0.15) is 23.5 Å². The minimum Gasteiger partial charge on any atom is -0.387 e. The second-order valence-corrected chi connectivity index (χ2v) is 24.4. The van der Waals surface area contributed by atoms with Crippen LogP contribution in [0.3, 0.4) is 0 Å². The number of oxime groups is 2. The van der Waals surface area contributed by atoms with Gasteiger partial charge in [0.25, 0.3) is 20.2 Å². The van der Waals surface area contributed by atoms with Crippen molar-refractivity contribution in [2.75, 3.05) is 26.2 Å². The highest BCUT2D eigenvalue weighted by atomic mass is 32.2. The minimum absolute atomic E-state index is 0.142. The molecular formula is C49H50F6N10O9S4. The summed E-state index contributed by atoms with van der Waals surface area (Å²) in [6.07, 6.45) is -9.54. The Labute approximate surface area is 451 Å². The number of aromatic nitrogens is 6. The third-order valence-electron chi connectivity index (χ3n) is 14.5. The van der Waals surface area contributed by atoms with E-state index < -0.39 is 84.0 Å². The van der Waals surface area contributed by atoms with E-state index in [4.69, 9.17) is 19.6 Å². The molecule has 19 nitrogen and oxygen atoms in total. The lowest BCUT2D eigenvalue weighted by Crippen LogP contribution is -2.61. The van der Waals surface area contributed by atoms with Gasteiger partial charge in [-0.2, -0.15) is 53.4 Å². The molecule has 0 saturated carbocycles. The number of aryl methyl sites for hydroxylation is 2. The molecule has 0 radical (unpaired) electrons. The first-order valence-corrected chi connectivity index (χ1v) is 29.4. The molecular weight excluding hydrogens is 1110 g/mol. The standard InChI is InChI=1S/C49H50F6N10O9S4/c1-27-21-39(48(50,51)52)58-64(27)46(77(67,68)69)41(62-17-13-31(14-18-62)44-56-35(25-75-44)33-23-37(73-60-33)29-9-5-3-6-10-29)43(66)42(47(78(70,71)72)65-28(2)22-40(59-65)49(53,54)55)63-19-15-32(16-20-63)45-57-36(26-76-45)34-24-38(74-61-34)30-11-7-4-8-12-30/h3-12,21-22,25-26,31-32,37-38,41-42,46-47H,13-20,23-24H2,1-2H3,(H,67,68,69)(H,70,71,72). The summed E-state index contributed by atoms with van der Waals surface area (Å²) < 4.78 is 164. The number of hydrogen-bond acceptors (Lipinski definition) is 17. The van der Waals surface area contributed by atoms with Gasteiger partial charge in [-0.15, -0.1) is 22.7 Å². The number of alkyl halides is 6. The lowest BCUT2D eigenvalue weighted by atomic mass is 9.91. The van der Waals surface area contributed by atoms with E-state index in [-0.39, 0.29) is 75.9 Å². The second-order valence-electron chi connectivity index (χ2n) is 19.6. The maximum absolute atomic E-state index is 16.0. The first-order chi connectivity index (χ1) is 36.9. The van der Waals surface area contributed by atoms with Crippen molar-refractivity contribution in [1.29, 1.82) is 0 Å². The maximum atomic E-state index is 16.0. The highest BCUT2D eigenvalue weighted by Gasteiger charge is 2.54. The van der Waals surface area contributed by atoms with Crippen molar-refractivity contribution < 1.29 is 66.8 Å². The lowest BCUT2D eigenvalue weighted by Gasteiger charge is -2.44. The summed E-state index contributed by atoms with van der Waals surface area (Å²) in [6.45, 7) is 1.31. The van der Waals surface area contributed by atoms with Gasteiger partial charge in [-0.25, -0.2) is 19.3 Å². The van der Waals surface area contributed by atoms with Gasteiger partial charge in [-0.1, -0.05) is 71.0 Å². The molecule has 2 saturated heterocycles. The molecule has 4 aliphatic rings. The van der Waals surface area contributed by atoms with E-state index in [1.807, 2.05) is 60.7 Å². The third kappa shape index (κ3) is 11.6. The van der Waals surface area contributed by atoms with Crippen molar-refractivity contribution in [2.45, 2.75) is 112 Å². The first-order valence-electron chi connectivity index (χ1n) is 24.6. The molecule has 416 valence electrons. The number of hydrogen-bond donors (Lipinski definition) is 2. The van der Waals surface area contributed by atoms with Crippen LogP contribution >= 0.6 is 22.7 Å². The van der Waals surface area contributed by atoms with Crippen LogP contribution in [0, 0.1) is 13.8 Å². The van der Waals surface area contributed by atoms with Crippen LogP contribution in [-0.2, 0) is 47.1 Å². The molecule has 0 amide bonds. The summed E-state index contributed by atoms with van der Waals surface area (Å²) in [7, 11) is -11.5. The fourth-order valence-electron chi connectivity index (χ4n) is 10.6. The fraction of sp³-hybridized carbons (Fsp3) is 0.449. The molecule has 0 spiro atoms. The van der Waals surface area contributed by atoms with Crippen LogP contribution in [-0.4, -0.2) is 121 Å². The van der Waals surface area contributed by atoms with Gasteiger partial charge in [0.2, 0.25) is 10.7 Å². The zero-order valence-corrected chi connectivity index (χ0v) is 44.7. The zero-order valence-electron chi connectivity index (χ0n) is 41.4. The van der Waals surface area contributed by atoms with Crippen LogP contribution in [0.25, 0.3) is 0 Å². The largest absolute Gasteiger partial charge is 0.435 e. The predicted octanol–water partition coefficient (Wildman–Crippen LogP) is 8.92. The van der Waals surface area contributed by atoms with Gasteiger partial charge >= 0.3 is 12.4 Å². The molecule has 2 aromatic carbocycles. The molecule has 2 fully saturated rings. The van der Waals surface area contributed by atoms with E-state index in [2.05, 4.69) is 20.5 Å². The Morgan fingerprint density at radius 1 is 0.615 bits per heavy atom. The lowest BCUT2D eigenvalue weighted by molar-refractivity contribution is -0.142. The molecule has 4 aromatic heterocycles. The average Bonchev–Trinajstić information content (AvgIpc) is 4.33. The Bertz CT molecular complexity index is 3220. The van der Waals surface area contributed by atoms with Crippen molar-refractivity contribution in [3.63, 3.8) is 0 Å².